The molecule has 1 nitrogen and oxygen atoms in total. The molecule has 2 rings (SSSR count). The average Bonchev–Trinajstić information content (AvgIpc) is 2.42. The molecule has 0 bridgehead atoms. The van der Waals surface area contributed by atoms with Gasteiger partial charge in [0.05, 0.1) is 0 Å². The molecule has 0 heterocycles. The molecule has 0 fully saturated rings. The van der Waals surface area contributed by atoms with Crippen LogP contribution in [0.5, 0.6) is 0 Å². The molecule has 19 heavy (non-hydrogen) atoms. The van der Waals surface area contributed by atoms with Crippen LogP contribution >= 0.6 is 27.7 Å². The summed E-state index contributed by atoms with van der Waals surface area (Å²) in [6, 6.07) is 12.9. The third kappa shape index (κ3) is 3.81. The van der Waals surface area contributed by atoms with Gasteiger partial charge in [0, 0.05) is 15.4 Å². The Bertz CT molecular complexity index is 557. The standard InChI is InChI=1S/C15H15BrFNS/c1-19-13-6-3-10(4-7-13)15(18)8-11-2-5-12(17)9-14(11)16/h2-7,9,15H,8,18H2,1H3. The Morgan fingerprint density at radius 1 is 1.21 bits per heavy atom. The van der Waals surface area contributed by atoms with Crippen molar-refractivity contribution < 1.29 is 4.39 Å². The maximum Gasteiger partial charge on any atom is 0.124 e. The van der Waals surface area contributed by atoms with E-state index in [2.05, 4.69) is 28.1 Å². The van der Waals surface area contributed by atoms with E-state index in [4.69, 9.17) is 5.73 Å². The second-order valence-electron chi connectivity index (χ2n) is 4.32. The van der Waals surface area contributed by atoms with Gasteiger partial charge in [-0.2, -0.15) is 0 Å². The van der Waals surface area contributed by atoms with Gasteiger partial charge in [-0.15, -0.1) is 11.8 Å². The van der Waals surface area contributed by atoms with Crippen LogP contribution in [0.15, 0.2) is 51.8 Å². The zero-order chi connectivity index (χ0) is 13.8. The Morgan fingerprint density at radius 2 is 1.89 bits per heavy atom. The summed E-state index contributed by atoms with van der Waals surface area (Å²) in [6.07, 6.45) is 2.73. The number of hydrogen-bond acceptors (Lipinski definition) is 2. The first-order valence-electron chi connectivity index (χ1n) is 5.93. The Balaban J connectivity index is 2.13. The van der Waals surface area contributed by atoms with Gasteiger partial charge in [0.1, 0.15) is 5.82 Å². The summed E-state index contributed by atoms with van der Waals surface area (Å²) in [5, 5.41) is 0. The van der Waals surface area contributed by atoms with Gasteiger partial charge in [0.15, 0.2) is 0 Å². The highest BCUT2D eigenvalue weighted by Crippen LogP contribution is 2.24. The number of benzene rings is 2. The molecule has 2 aromatic rings. The van der Waals surface area contributed by atoms with E-state index in [1.165, 1.54) is 17.0 Å². The monoisotopic (exact) mass is 339 g/mol. The molecular weight excluding hydrogens is 325 g/mol. The minimum atomic E-state index is -0.242. The molecule has 0 saturated carbocycles. The number of hydrogen-bond donors (Lipinski definition) is 1. The molecule has 0 spiro atoms. The Hall–Kier alpha value is -0.840. The minimum absolute atomic E-state index is 0.0855. The second-order valence-corrected chi connectivity index (χ2v) is 6.05. The second kappa shape index (κ2) is 6.55. The highest BCUT2D eigenvalue weighted by molar-refractivity contribution is 9.10. The molecule has 0 aliphatic rings. The third-order valence-corrected chi connectivity index (χ3v) is 4.48. The van der Waals surface area contributed by atoms with Crippen molar-refractivity contribution in [1.29, 1.82) is 0 Å². The van der Waals surface area contributed by atoms with Crippen LogP contribution in [0.2, 0.25) is 0 Å². The molecule has 1 unspecified atom stereocenters. The van der Waals surface area contributed by atoms with Crippen LogP contribution in [0.4, 0.5) is 4.39 Å². The van der Waals surface area contributed by atoms with Gasteiger partial charge in [-0.3, -0.25) is 0 Å². The number of thioether (sulfide) groups is 1. The van der Waals surface area contributed by atoms with Crippen LogP contribution in [-0.2, 0) is 6.42 Å². The summed E-state index contributed by atoms with van der Waals surface area (Å²) in [4.78, 5) is 1.22. The molecule has 0 aliphatic heterocycles. The van der Waals surface area contributed by atoms with E-state index < -0.39 is 0 Å². The topological polar surface area (TPSA) is 26.0 Å². The fraction of sp³-hybridized carbons (Fsp3) is 0.200. The van der Waals surface area contributed by atoms with E-state index in [-0.39, 0.29) is 11.9 Å². The lowest BCUT2D eigenvalue weighted by molar-refractivity contribution is 0.624. The van der Waals surface area contributed by atoms with Gasteiger partial charge in [-0.25, -0.2) is 4.39 Å². The molecular formula is C15H15BrFNS. The van der Waals surface area contributed by atoms with E-state index in [9.17, 15) is 4.39 Å². The summed E-state index contributed by atoms with van der Waals surface area (Å²) in [7, 11) is 0. The molecule has 4 heteroatoms. The number of nitrogens with two attached hydrogens (primary N) is 1. The van der Waals surface area contributed by atoms with Crippen molar-refractivity contribution in [2.45, 2.75) is 17.4 Å². The molecule has 1 atom stereocenters. The van der Waals surface area contributed by atoms with Crippen LogP contribution in [0, 0.1) is 5.82 Å². The molecule has 0 saturated heterocycles. The van der Waals surface area contributed by atoms with Crippen LogP contribution in [-0.4, -0.2) is 6.26 Å². The van der Waals surface area contributed by atoms with E-state index in [0.29, 0.717) is 6.42 Å². The molecule has 0 aliphatic carbocycles. The highest BCUT2D eigenvalue weighted by Gasteiger charge is 2.10. The Kier molecular flexibility index (Phi) is 5.02. The predicted octanol–water partition coefficient (Wildman–Crippen LogP) is 4.55. The van der Waals surface area contributed by atoms with Crippen molar-refractivity contribution >= 4 is 27.7 Å². The van der Waals surface area contributed by atoms with Crippen molar-refractivity contribution in [3.05, 3.63) is 63.9 Å². The first-order chi connectivity index (χ1) is 9.10. The molecule has 0 radical (unpaired) electrons. The Labute approximate surface area is 125 Å². The van der Waals surface area contributed by atoms with E-state index in [0.717, 1.165) is 15.6 Å². The zero-order valence-electron chi connectivity index (χ0n) is 10.6. The van der Waals surface area contributed by atoms with Gasteiger partial charge >= 0.3 is 0 Å². The van der Waals surface area contributed by atoms with Crippen molar-refractivity contribution in [3.63, 3.8) is 0 Å². The lowest BCUT2D eigenvalue weighted by Crippen LogP contribution is -2.13. The summed E-state index contributed by atoms with van der Waals surface area (Å²) < 4.78 is 13.8. The van der Waals surface area contributed by atoms with Gasteiger partial charge in [0.25, 0.3) is 0 Å². The maximum absolute atomic E-state index is 13.0. The first kappa shape index (κ1) is 14.6. The van der Waals surface area contributed by atoms with Crippen LogP contribution < -0.4 is 5.73 Å². The molecule has 0 amide bonds. The number of halogens is 2. The van der Waals surface area contributed by atoms with E-state index in [1.807, 2.05) is 18.4 Å². The smallest absolute Gasteiger partial charge is 0.124 e. The third-order valence-electron chi connectivity index (χ3n) is 3.00. The summed E-state index contributed by atoms with van der Waals surface area (Å²) >= 11 is 5.08. The lowest BCUT2D eigenvalue weighted by Gasteiger charge is -2.14. The van der Waals surface area contributed by atoms with Crippen molar-refractivity contribution in [2.75, 3.05) is 6.26 Å². The molecule has 2 N–H and O–H groups in total. The van der Waals surface area contributed by atoms with Gasteiger partial charge in [-0.1, -0.05) is 34.1 Å². The fourth-order valence-corrected chi connectivity index (χ4v) is 2.81. The fourth-order valence-electron chi connectivity index (χ4n) is 1.89. The van der Waals surface area contributed by atoms with E-state index in [1.54, 1.807) is 17.8 Å². The Morgan fingerprint density at radius 3 is 2.47 bits per heavy atom. The molecule has 0 aromatic heterocycles. The normalized spacial score (nSPS) is 12.4. The maximum atomic E-state index is 13.0. The predicted molar refractivity (Wildman–Crippen MR) is 83.0 cm³/mol. The van der Waals surface area contributed by atoms with Crippen molar-refractivity contribution in [3.8, 4) is 0 Å². The first-order valence-corrected chi connectivity index (χ1v) is 7.95. The molecule has 100 valence electrons. The quantitative estimate of drug-likeness (QED) is 0.826. The van der Waals surface area contributed by atoms with Gasteiger partial charge in [0.2, 0.25) is 0 Å². The summed E-state index contributed by atoms with van der Waals surface area (Å²) in [5.41, 5.74) is 8.31. The SMILES string of the molecule is CSc1ccc(C(N)Cc2ccc(F)cc2Br)cc1. The van der Waals surface area contributed by atoms with Crippen LogP contribution in [0.3, 0.4) is 0 Å². The average molecular weight is 340 g/mol. The zero-order valence-corrected chi connectivity index (χ0v) is 13.0. The lowest BCUT2D eigenvalue weighted by atomic mass is 10.00. The highest BCUT2D eigenvalue weighted by atomic mass is 79.9. The van der Waals surface area contributed by atoms with Crippen LogP contribution in [0.1, 0.15) is 17.2 Å². The van der Waals surface area contributed by atoms with Gasteiger partial charge in [-0.05, 0) is 48.1 Å². The van der Waals surface area contributed by atoms with Crippen molar-refractivity contribution in [2.24, 2.45) is 5.73 Å². The number of rotatable bonds is 4. The minimum Gasteiger partial charge on any atom is -0.324 e. The largest absolute Gasteiger partial charge is 0.324 e. The van der Waals surface area contributed by atoms with Crippen LogP contribution in [0.25, 0.3) is 0 Å². The summed E-state index contributed by atoms with van der Waals surface area (Å²) in [5.74, 6) is -0.242. The summed E-state index contributed by atoms with van der Waals surface area (Å²) in [6.45, 7) is 0. The van der Waals surface area contributed by atoms with E-state index >= 15 is 0 Å². The molecule has 2 aromatic carbocycles. The van der Waals surface area contributed by atoms with Gasteiger partial charge < -0.3 is 5.73 Å². The van der Waals surface area contributed by atoms with Crippen molar-refractivity contribution in [1.82, 2.24) is 0 Å².